The van der Waals surface area contributed by atoms with E-state index < -0.39 is 0 Å². The molecular weight excluding hydrogens is 176 g/mol. The minimum atomic E-state index is 0.393. The Morgan fingerprint density at radius 1 is 1.38 bits per heavy atom. The molecule has 1 aliphatic carbocycles. The van der Waals surface area contributed by atoms with Crippen LogP contribution in [0.1, 0.15) is 43.6 Å². The second-order valence-electron chi connectivity index (χ2n) is 4.80. The van der Waals surface area contributed by atoms with Crippen LogP contribution in [0.3, 0.4) is 0 Å². The molecular formula is C12H16S. The zero-order chi connectivity index (χ0) is 9.47. The van der Waals surface area contributed by atoms with Gasteiger partial charge in [0, 0.05) is 10.8 Å². The topological polar surface area (TPSA) is 0 Å². The van der Waals surface area contributed by atoms with Gasteiger partial charge in [0.15, 0.2) is 0 Å². The minimum absolute atomic E-state index is 0.393. The fourth-order valence-electron chi connectivity index (χ4n) is 1.94. The standard InChI is InChI=1S/C12H16S/c1-12(2,3)10-6-4-5-9-7-8-13-11(9)10/h4-5,7-8,10H,6H2,1-3H3. The van der Waals surface area contributed by atoms with Gasteiger partial charge in [0.25, 0.3) is 0 Å². The third-order valence-electron chi connectivity index (χ3n) is 2.76. The third-order valence-corrected chi connectivity index (χ3v) is 3.80. The van der Waals surface area contributed by atoms with E-state index in [1.165, 1.54) is 12.0 Å². The normalized spacial score (nSPS) is 21.6. The van der Waals surface area contributed by atoms with E-state index in [0.29, 0.717) is 11.3 Å². The van der Waals surface area contributed by atoms with Crippen molar-refractivity contribution in [3.8, 4) is 0 Å². The SMILES string of the molecule is CC(C)(C)C1CC=Cc2ccsc21. The Morgan fingerprint density at radius 3 is 2.85 bits per heavy atom. The highest BCUT2D eigenvalue weighted by atomic mass is 32.1. The van der Waals surface area contributed by atoms with Gasteiger partial charge in [-0.3, -0.25) is 0 Å². The molecule has 70 valence electrons. The predicted molar refractivity (Wildman–Crippen MR) is 60.2 cm³/mol. The molecule has 1 aromatic heterocycles. The highest BCUT2D eigenvalue weighted by Crippen LogP contribution is 2.44. The van der Waals surface area contributed by atoms with Gasteiger partial charge in [0.05, 0.1) is 0 Å². The number of hydrogen-bond acceptors (Lipinski definition) is 1. The van der Waals surface area contributed by atoms with Gasteiger partial charge in [-0.05, 0) is 28.8 Å². The first-order valence-electron chi connectivity index (χ1n) is 4.83. The molecule has 1 heteroatoms. The molecule has 0 radical (unpaired) electrons. The summed E-state index contributed by atoms with van der Waals surface area (Å²) in [4.78, 5) is 1.58. The van der Waals surface area contributed by atoms with Crippen LogP contribution in [0.4, 0.5) is 0 Å². The van der Waals surface area contributed by atoms with Crippen molar-refractivity contribution in [3.05, 3.63) is 28.0 Å². The summed E-state index contributed by atoms with van der Waals surface area (Å²) in [5.74, 6) is 0.715. The minimum Gasteiger partial charge on any atom is -0.148 e. The number of thiophene rings is 1. The van der Waals surface area contributed by atoms with Crippen LogP contribution in [-0.4, -0.2) is 0 Å². The van der Waals surface area contributed by atoms with E-state index in [2.05, 4.69) is 44.4 Å². The Kier molecular flexibility index (Phi) is 2.07. The Bertz CT molecular complexity index is 325. The van der Waals surface area contributed by atoms with Crippen molar-refractivity contribution in [3.63, 3.8) is 0 Å². The molecule has 0 aliphatic heterocycles. The van der Waals surface area contributed by atoms with Gasteiger partial charge in [-0.1, -0.05) is 32.9 Å². The molecule has 1 aliphatic rings. The summed E-state index contributed by atoms with van der Waals surface area (Å²) in [6, 6.07) is 2.23. The summed E-state index contributed by atoms with van der Waals surface area (Å²) >= 11 is 1.91. The van der Waals surface area contributed by atoms with E-state index in [1.54, 1.807) is 4.88 Å². The smallest absolute Gasteiger partial charge is 0.0157 e. The Hall–Kier alpha value is -0.560. The van der Waals surface area contributed by atoms with Gasteiger partial charge in [0.2, 0.25) is 0 Å². The van der Waals surface area contributed by atoms with Crippen LogP contribution in [0, 0.1) is 5.41 Å². The molecule has 0 fully saturated rings. The molecule has 1 heterocycles. The van der Waals surface area contributed by atoms with E-state index in [9.17, 15) is 0 Å². The fourth-order valence-corrected chi connectivity index (χ4v) is 3.18. The van der Waals surface area contributed by atoms with Crippen LogP contribution in [0.5, 0.6) is 0 Å². The lowest BCUT2D eigenvalue weighted by atomic mass is 9.75. The average Bonchev–Trinajstić information content (AvgIpc) is 2.48. The van der Waals surface area contributed by atoms with Crippen LogP contribution < -0.4 is 0 Å². The number of rotatable bonds is 0. The fraction of sp³-hybridized carbons (Fsp3) is 0.500. The predicted octanol–water partition coefficient (Wildman–Crippen LogP) is 4.29. The van der Waals surface area contributed by atoms with E-state index >= 15 is 0 Å². The first-order chi connectivity index (χ1) is 6.09. The van der Waals surface area contributed by atoms with Crippen molar-refractivity contribution in [2.75, 3.05) is 0 Å². The van der Waals surface area contributed by atoms with Crippen LogP contribution in [0.25, 0.3) is 6.08 Å². The van der Waals surface area contributed by atoms with Crippen molar-refractivity contribution < 1.29 is 0 Å². The van der Waals surface area contributed by atoms with Gasteiger partial charge in [-0.2, -0.15) is 0 Å². The number of hydrogen-bond donors (Lipinski definition) is 0. The monoisotopic (exact) mass is 192 g/mol. The second kappa shape index (κ2) is 2.98. The largest absolute Gasteiger partial charge is 0.148 e. The zero-order valence-corrected chi connectivity index (χ0v) is 9.32. The van der Waals surface area contributed by atoms with Gasteiger partial charge < -0.3 is 0 Å². The molecule has 1 aromatic rings. The molecule has 13 heavy (non-hydrogen) atoms. The van der Waals surface area contributed by atoms with Crippen LogP contribution >= 0.6 is 11.3 Å². The third kappa shape index (κ3) is 1.58. The summed E-state index contributed by atoms with van der Waals surface area (Å²) in [5.41, 5.74) is 1.83. The highest BCUT2D eigenvalue weighted by molar-refractivity contribution is 7.10. The van der Waals surface area contributed by atoms with Crippen molar-refractivity contribution in [2.24, 2.45) is 5.41 Å². The maximum absolute atomic E-state index is 2.33. The maximum atomic E-state index is 2.33. The molecule has 2 rings (SSSR count). The quantitative estimate of drug-likeness (QED) is 0.575. The highest BCUT2D eigenvalue weighted by Gasteiger charge is 2.29. The molecule has 0 amide bonds. The van der Waals surface area contributed by atoms with Gasteiger partial charge >= 0.3 is 0 Å². The molecule has 0 saturated carbocycles. The molecule has 0 bridgehead atoms. The van der Waals surface area contributed by atoms with Crippen molar-refractivity contribution in [2.45, 2.75) is 33.1 Å². The number of fused-ring (bicyclic) bond motifs is 1. The van der Waals surface area contributed by atoms with Crippen LogP contribution in [0.2, 0.25) is 0 Å². The summed E-state index contributed by atoms with van der Waals surface area (Å²) in [6.45, 7) is 7.00. The summed E-state index contributed by atoms with van der Waals surface area (Å²) in [5, 5.41) is 2.21. The second-order valence-corrected chi connectivity index (χ2v) is 5.74. The Labute approximate surface area is 84.3 Å². The lowest BCUT2D eigenvalue weighted by Crippen LogP contribution is -2.18. The summed E-state index contributed by atoms with van der Waals surface area (Å²) in [7, 11) is 0. The average molecular weight is 192 g/mol. The van der Waals surface area contributed by atoms with Crippen molar-refractivity contribution in [1.29, 1.82) is 0 Å². The molecule has 0 N–H and O–H groups in total. The summed E-state index contributed by atoms with van der Waals surface area (Å²) < 4.78 is 0. The van der Waals surface area contributed by atoms with Crippen LogP contribution in [-0.2, 0) is 0 Å². The van der Waals surface area contributed by atoms with Gasteiger partial charge in [0.1, 0.15) is 0 Å². The molecule has 0 saturated heterocycles. The molecule has 0 nitrogen and oxygen atoms in total. The molecule has 1 atom stereocenters. The first-order valence-corrected chi connectivity index (χ1v) is 5.71. The van der Waals surface area contributed by atoms with Gasteiger partial charge in [-0.25, -0.2) is 0 Å². The van der Waals surface area contributed by atoms with E-state index in [-0.39, 0.29) is 0 Å². The molecule has 1 unspecified atom stereocenters. The van der Waals surface area contributed by atoms with Crippen LogP contribution in [0.15, 0.2) is 17.5 Å². The maximum Gasteiger partial charge on any atom is 0.0157 e. The van der Waals surface area contributed by atoms with E-state index in [1.807, 2.05) is 11.3 Å². The summed E-state index contributed by atoms with van der Waals surface area (Å²) in [6.07, 6.45) is 5.77. The van der Waals surface area contributed by atoms with E-state index in [4.69, 9.17) is 0 Å². The Balaban J connectivity index is 2.41. The zero-order valence-electron chi connectivity index (χ0n) is 8.50. The molecule has 0 spiro atoms. The van der Waals surface area contributed by atoms with Crippen molar-refractivity contribution >= 4 is 17.4 Å². The van der Waals surface area contributed by atoms with Gasteiger partial charge in [-0.15, -0.1) is 11.3 Å². The van der Waals surface area contributed by atoms with E-state index in [0.717, 1.165) is 0 Å². The Morgan fingerprint density at radius 2 is 2.15 bits per heavy atom. The lowest BCUT2D eigenvalue weighted by molar-refractivity contribution is 0.324. The first kappa shape index (κ1) is 9.01. The van der Waals surface area contributed by atoms with Crippen molar-refractivity contribution in [1.82, 2.24) is 0 Å². The number of allylic oxidation sites excluding steroid dienone is 1. The molecule has 0 aromatic carbocycles. The lowest BCUT2D eigenvalue weighted by Gasteiger charge is -2.31.